The van der Waals surface area contributed by atoms with Crippen LogP contribution in [0.1, 0.15) is 36.3 Å². The van der Waals surface area contributed by atoms with Crippen LogP contribution in [0.2, 0.25) is 0 Å². The van der Waals surface area contributed by atoms with Gasteiger partial charge in [0.25, 0.3) is 0 Å². The van der Waals surface area contributed by atoms with E-state index in [0.717, 1.165) is 28.4 Å². The van der Waals surface area contributed by atoms with Gasteiger partial charge in [0.15, 0.2) is 0 Å². The summed E-state index contributed by atoms with van der Waals surface area (Å²) in [6, 6.07) is 6.03. The number of ether oxygens (including phenoxy) is 1. The normalized spacial score (nSPS) is 16.6. The fraction of sp³-hybridized carbons (Fsp3) is 0.500. The lowest BCUT2D eigenvalue weighted by atomic mass is 9.88. The summed E-state index contributed by atoms with van der Waals surface area (Å²) in [5.41, 5.74) is 2.22. The molecule has 0 radical (unpaired) electrons. The standard InChI is InChI=1S/C14H17BrO3/c1-18-8-10-4-5-11(15)6-12(10)13(7-14(16)17)9-2-3-9/h4-6,9,13H,2-3,7-8H2,1H3,(H,16,17). The molecular formula is C14H17BrO3. The van der Waals surface area contributed by atoms with Crippen molar-refractivity contribution in [1.82, 2.24) is 0 Å². The predicted molar refractivity (Wildman–Crippen MR) is 72.6 cm³/mol. The zero-order valence-electron chi connectivity index (χ0n) is 10.4. The second kappa shape index (κ2) is 5.85. The Labute approximate surface area is 115 Å². The molecule has 1 aliphatic carbocycles. The topological polar surface area (TPSA) is 46.5 Å². The van der Waals surface area contributed by atoms with Crippen molar-refractivity contribution in [1.29, 1.82) is 0 Å². The van der Waals surface area contributed by atoms with Crippen LogP contribution >= 0.6 is 15.9 Å². The van der Waals surface area contributed by atoms with E-state index in [9.17, 15) is 4.79 Å². The maximum Gasteiger partial charge on any atom is 0.303 e. The Kier molecular flexibility index (Phi) is 4.40. The highest BCUT2D eigenvalue weighted by atomic mass is 79.9. The second-order valence-electron chi connectivity index (χ2n) is 4.82. The summed E-state index contributed by atoms with van der Waals surface area (Å²) in [5.74, 6) is -0.0913. The van der Waals surface area contributed by atoms with Gasteiger partial charge < -0.3 is 9.84 Å². The molecule has 0 bridgehead atoms. The van der Waals surface area contributed by atoms with E-state index in [-0.39, 0.29) is 12.3 Å². The third-order valence-electron chi connectivity index (χ3n) is 3.39. The Balaban J connectivity index is 2.32. The van der Waals surface area contributed by atoms with Crippen molar-refractivity contribution in [2.45, 2.75) is 31.8 Å². The van der Waals surface area contributed by atoms with E-state index >= 15 is 0 Å². The van der Waals surface area contributed by atoms with Crippen LogP contribution in [0, 0.1) is 5.92 Å². The SMILES string of the molecule is COCc1ccc(Br)cc1C(CC(=O)O)C1CC1. The van der Waals surface area contributed by atoms with Crippen LogP contribution in [0.25, 0.3) is 0 Å². The maximum absolute atomic E-state index is 11.0. The van der Waals surface area contributed by atoms with Gasteiger partial charge in [-0.2, -0.15) is 0 Å². The first-order valence-corrected chi connectivity index (χ1v) is 6.90. The molecule has 1 atom stereocenters. The van der Waals surface area contributed by atoms with Gasteiger partial charge in [0.2, 0.25) is 0 Å². The lowest BCUT2D eigenvalue weighted by Gasteiger charge is -2.19. The number of methoxy groups -OCH3 is 1. The molecule has 18 heavy (non-hydrogen) atoms. The molecule has 0 heterocycles. The lowest BCUT2D eigenvalue weighted by Crippen LogP contribution is -2.11. The first-order chi connectivity index (χ1) is 8.61. The van der Waals surface area contributed by atoms with Crippen LogP contribution in [0.3, 0.4) is 0 Å². The number of hydrogen-bond acceptors (Lipinski definition) is 2. The average molecular weight is 313 g/mol. The minimum absolute atomic E-state index is 0.116. The van der Waals surface area contributed by atoms with Crippen LogP contribution in [0.5, 0.6) is 0 Å². The van der Waals surface area contributed by atoms with Crippen molar-refractivity contribution in [3.8, 4) is 0 Å². The average Bonchev–Trinajstić information content (AvgIpc) is 3.12. The highest BCUT2D eigenvalue weighted by Gasteiger charge is 2.34. The molecule has 1 aliphatic rings. The van der Waals surface area contributed by atoms with Gasteiger partial charge in [0.1, 0.15) is 0 Å². The van der Waals surface area contributed by atoms with Gasteiger partial charge in [-0.05, 0) is 47.9 Å². The predicted octanol–water partition coefficient (Wildman–Crippen LogP) is 3.56. The molecule has 0 spiro atoms. The van der Waals surface area contributed by atoms with Gasteiger partial charge in [-0.1, -0.05) is 22.0 Å². The molecule has 0 aliphatic heterocycles. The van der Waals surface area contributed by atoms with E-state index in [1.807, 2.05) is 18.2 Å². The summed E-state index contributed by atoms with van der Waals surface area (Å²) in [6.07, 6.45) is 2.48. The smallest absolute Gasteiger partial charge is 0.303 e. The van der Waals surface area contributed by atoms with Crippen molar-refractivity contribution >= 4 is 21.9 Å². The van der Waals surface area contributed by atoms with Gasteiger partial charge in [0.05, 0.1) is 13.0 Å². The fourth-order valence-electron chi connectivity index (χ4n) is 2.42. The molecule has 98 valence electrons. The number of rotatable bonds is 6. The number of halogens is 1. The van der Waals surface area contributed by atoms with E-state index in [1.54, 1.807) is 7.11 Å². The Morgan fingerprint density at radius 3 is 2.83 bits per heavy atom. The van der Waals surface area contributed by atoms with Crippen LogP contribution in [-0.2, 0) is 16.1 Å². The molecule has 4 heteroatoms. The molecule has 0 aromatic heterocycles. The van der Waals surface area contributed by atoms with Crippen molar-refractivity contribution in [2.24, 2.45) is 5.92 Å². The molecule has 1 aromatic carbocycles. The van der Waals surface area contributed by atoms with Crippen LogP contribution in [0.15, 0.2) is 22.7 Å². The number of carbonyl (C=O) groups is 1. The number of aliphatic carboxylic acids is 1. The summed E-state index contributed by atoms with van der Waals surface area (Å²) in [5, 5.41) is 9.07. The quantitative estimate of drug-likeness (QED) is 0.873. The molecule has 3 nitrogen and oxygen atoms in total. The lowest BCUT2D eigenvalue weighted by molar-refractivity contribution is -0.137. The zero-order valence-corrected chi connectivity index (χ0v) is 11.9. The van der Waals surface area contributed by atoms with Crippen molar-refractivity contribution < 1.29 is 14.6 Å². The summed E-state index contributed by atoms with van der Waals surface area (Å²) in [6.45, 7) is 0.533. The van der Waals surface area contributed by atoms with E-state index < -0.39 is 5.97 Å². The minimum Gasteiger partial charge on any atom is -0.481 e. The first-order valence-electron chi connectivity index (χ1n) is 6.11. The van der Waals surface area contributed by atoms with Crippen molar-refractivity contribution in [3.63, 3.8) is 0 Å². The Bertz CT molecular complexity index is 441. The van der Waals surface area contributed by atoms with Gasteiger partial charge >= 0.3 is 5.97 Å². The van der Waals surface area contributed by atoms with Gasteiger partial charge in [0, 0.05) is 11.6 Å². The minimum atomic E-state index is -0.727. The Hall–Kier alpha value is -0.870. The largest absolute Gasteiger partial charge is 0.481 e. The molecule has 1 saturated carbocycles. The molecule has 1 aromatic rings. The highest BCUT2D eigenvalue weighted by molar-refractivity contribution is 9.10. The van der Waals surface area contributed by atoms with Crippen LogP contribution < -0.4 is 0 Å². The third-order valence-corrected chi connectivity index (χ3v) is 3.89. The molecule has 0 saturated heterocycles. The third kappa shape index (κ3) is 3.33. The Morgan fingerprint density at radius 2 is 2.28 bits per heavy atom. The first kappa shape index (κ1) is 13.6. The summed E-state index contributed by atoms with van der Waals surface area (Å²) >= 11 is 3.46. The zero-order chi connectivity index (χ0) is 13.1. The number of carboxylic acids is 1. The van der Waals surface area contributed by atoms with Gasteiger partial charge in [-0.15, -0.1) is 0 Å². The number of benzene rings is 1. The van der Waals surface area contributed by atoms with Gasteiger partial charge in [-0.25, -0.2) is 0 Å². The molecule has 1 fully saturated rings. The van der Waals surface area contributed by atoms with E-state index in [0.29, 0.717) is 12.5 Å². The fourth-order valence-corrected chi connectivity index (χ4v) is 2.79. The van der Waals surface area contributed by atoms with E-state index in [1.165, 1.54) is 0 Å². The summed E-state index contributed by atoms with van der Waals surface area (Å²) in [7, 11) is 1.66. The maximum atomic E-state index is 11.0. The summed E-state index contributed by atoms with van der Waals surface area (Å²) in [4.78, 5) is 11.0. The van der Waals surface area contributed by atoms with Crippen molar-refractivity contribution in [2.75, 3.05) is 7.11 Å². The van der Waals surface area contributed by atoms with Gasteiger partial charge in [-0.3, -0.25) is 4.79 Å². The van der Waals surface area contributed by atoms with Crippen LogP contribution in [-0.4, -0.2) is 18.2 Å². The molecule has 0 amide bonds. The van der Waals surface area contributed by atoms with Crippen LogP contribution in [0.4, 0.5) is 0 Å². The van der Waals surface area contributed by atoms with E-state index in [4.69, 9.17) is 9.84 Å². The van der Waals surface area contributed by atoms with E-state index in [2.05, 4.69) is 15.9 Å². The number of hydrogen-bond donors (Lipinski definition) is 1. The molecule has 1 unspecified atom stereocenters. The second-order valence-corrected chi connectivity index (χ2v) is 5.73. The monoisotopic (exact) mass is 312 g/mol. The number of carboxylic acid groups (broad SMARTS) is 1. The molecular weight excluding hydrogens is 296 g/mol. The molecule has 2 rings (SSSR count). The molecule has 1 N–H and O–H groups in total. The Morgan fingerprint density at radius 1 is 1.56 bits per heavy atom. The summed E-state index contributed by atoms with van der Waals surface area (Å²) < 4.78 is 6.19. The highest BCUT2D eigenvalue weighted by Crippen LogP contribution is 2.46. The van der Waals surface area contributed by atoms with Crippen molar-refractivity contribution in [3.05, 3.63) is 33.8 Å².